The van der Waals surface area contributed by atoms with Gasteiger partial charge in [0, 0.05) is 30.6 Å². The predicted molar refractivity (Wildman–Crippen MR) is 155 cm³/mol. The fourth-order valence-corrected chi connectivity index (χ4v) is 10.3. The maximum atomic E-state index is 12.5. The average Bonchev–Trinajstić information content (AvgIpc) is 3.23. The van der Waals surface area contributed by atoms with Crippen molar-refractivity contribution in [1.29, 1.82) is 0 Å². The van der Waals surface area contributed by atoms with Crippen LogP contribution in [0.1, 0.15) is 83.1 Å². The molecule has 2 amide bonds. The van der Waals surface area contributed by atoms with Gasteiger partial charge in [-0.05, 0) is 106 Å². The van der Waals surface area contributed by atoms with E-state index in [9.17, 15) is 29.7 Å². The van der Waals surface area contributed by atoms with Crippen molar-refractivity contribution >= 4 is 12.0 Å². The summed E-state index contributed by atoms with van der Waals surface area (Å²) < 4.78 is 5.22. The molecule has 10 nitrogen and oxygen atoms in total. The maximum Gasteiger partial charge on any atom is 0.407 e. The number of carboxylic acid groups (broad SMARTS) is 1. The van der Waals surface area contributed by atoms with Crippen molar-refractivity contribution in [2.75, 3.05) is 33.2 Å². The monoisotopic (exact) mass is 585 g/mol. The first-order chi connectivity index (χ1) is 19.9. The molecule has 2 heterocycles. The van der Waals surface area contributed by atoms with Crippen LogP contribution in [-0.4, -0.2) is 93.1 Å². The number of rotatable bonds is 5. The lowest BCUT2D eigenvalue weighted by Gasteiger charge is -2.64. The highest BCUT2D eigenvalue weighted by Gasteiger charge is 2.67. The number of hydrogen-bond acceptors (Lipinski definition) is 7. The highest BCUT2D eigenvalue weighted by molar-refractivity contribution is 5.79. The van der Waals surface area contributed by atoms with Crippen molar-refractivity contribution < 1.29 is 29.3 Å². The summed E-state index contributed by atoms with van der Waals surface area (Å²) in [6, 6.07) is 3.26. The second-order valence-corrected chi connectivity index (χ2v) is 14.5. The molecule has 1 aromatic heterocycles. The summed E-state index contributed by atoms with van der Waals surface area (Å²) in [6.07, 6.45) is 7.96. The molecular formula is C32H47N3O7. The highest BCUT2D eigenvalue weighted by Crippen LogP contribution is 2.70. The van der Waals surface area contributed by atoms with E-state index in [2.05, 4.69) is 13.8 Å². The summed E-state index contributed by atoms with van der Waals surface area (Å²) in [5.41, 5.74) is -0.336. The Kier molecular flexibility index (Phi) is 7.50. The van der Waals surface area contributed by atoms with Gasteiger partial charge < -0.3 is 29.5 Å². The van der Waals surface area contributed by atoms with Gasteiger partial charge in [-0.25, -0.2) is 9.59 Å². The minimum absolute atomic E-state index is 0.0514. The number of piperazine rings is 1. The third-order valence-corrected chi connectivity index (χ3v) is 12.9. The second kappa shape index (κ2) is 10.6. The van der Waals surface area contributed by atoms with Gasteiger partial charge in [-0.2, -0.15) is 0 Å². The standard InChI is InChI=1S/C32H47N3O7/c1-30-11-8-22(35(29(39)40)15-14-34-18-26(36)33(3)17-27(34)37)16-21(30)5-6-25-24(30)9-12-31(2)23(10-13-32(25,31)41)20-4-7-28(38)42-19-20/h4,7,19,21-26,36,41H,5-6,8-18H2,1-3H3,(H,39,40)/t21?,22-,23+,24-,25+,26-,30+,31+,32-/m0/s1. The average molecular weight is 586 g/mol. The van der Waals surface area contributed by atoms with Gasteiger partial charge in [0.2, 0.25) is 5.91 Å². The molecule has 0 radical (unpaired) electrons. The van der Waals surface area contributed by atoms with E-state index in [0.29, 0.717) is 11.8 Å². The van der Waals surface area contributed by atoms with Crippen LogP contribution in [0, 0.1) is 28.6 Å². The number of carbonyl (C=O) groups excluding carboxylic acids is 1. The number of nitrogens with zero attached hydrogens (tertiary/aromatic N) is 3. The van der Waals surface area contributed by atoms with Gasteiger partial charge in [0.15, 0.2) is 0 Å². The molecule has 42 heavy (non-hydrogen) atoms. The Bertz CT molecular complexity index is 1250. The summed E-state index contributed by atoms with van der Waals surface area (Å²) in [4.78, 5) is 41.2. The topological polar surface area (TPSA) is 135 Å². The van der Waals surface area contributed by atoms with Crippen molar-refractivity contribution in [3.8, 4) is 0 Å². The first-order valence-electron chi connectivity index (χ1n) is 15.8. The Labute approximate surface area is 247 Å². The molecule has 10 heteroatoms. The van der Waals surface area contributed by atoms with Crippen LogP contribution in [0.4, 0.5) is 4.79 Å². The Morgan fingerprint density at radius 3 is 2.57 bits per heavy atom. The van der Waals surface area contributed by atoms with Gasteiger partial charge in [-0.3, -0.25) is 9.69 Å². The minimum atomic E-state index is -0.948. The normalized spacial score (nSPS) is 42.0. The third-order valence-electron chi connectivity index (χ3n) is 12.9. The number of aliphatic hydroxyl groups excluding tert-OH is 1. The molecule has 5 aliphatic rings. The van der Waals surface area contributed by atoms with Gasteiger partial charge >= 0.3 is 11.7 Å². The van der Waals surface area contributed by atoms with Crippen LogP contribution >= 0.6 is 0 Å². The predicted octanol–water partition coefficient (Wildman–Crippen LogP) is 3.32. The summed E-state index contributed by atoms with van der Waals surface area (Å²) in [6.45, 7) is 5.50. The quantitative estimate of drug-likeness (QED) is 0.479. The van der Waals surface area contributed by atoms with E-state index in [1.165, 1.54) is 11.0 Å². The smallest absolute Gasteiger partial charge is 0.407 e. The summed E-state index contributed by atoms with van der Waals surface area (Å²) >= 11 is 0. The second-order valence-electron chi connectivity index (χ2n) is 14.5. The van der Waals surface area contributed by atoms with E-state index in [1.807, 2.05) is 6.07 Å². The zero-order chi connectivity index (χ0) is 30.0. The number of amides is 2. The highest BCUT2D eigenvalue weighted by atomic mass is 16.4. The fourth-order valence-electron chi connectivity index (χ4n) is 10.3. The molecule has 6 rings (SSSR count). The van der Waals surface area contributed by atoms with E-state index in [-0.39, 0.29) is 66.4 Å². The van der Waals surface area contributed by atoms with E-state index in [1.54, 1.807) is 23.1 Å². The maximum absolute atomic E-state index is 12.5. The van der Waals surface area contributed by atoms with Crippen LogP contribution in [0.2, 0.25) is 0 Å². The zero-order valence-electron chi connectivity index (χ0n) is 25.2. The Morgan fingerprint density at radius 2 is 1.86 bits per heavy atom. The van der Waals surface area contributed by atoms with E-state index in [4.69, 9.17) is 4.42 Å². The first-order valence-corrected chi connectivity index (χ1v) is 15.8. The molecule has 1 saturated heterocycles. The van der Waals surface area contributed by atoms with Gasteiger partial charge in [-0.1, -0.05) is 13.8 Å². The lowest BCUT2D eigenvalue weighted by molar-refractivity contribution is -0.203. The molecule has 1 unspecified atom stereocenters. The number of aliphatic hydroxyl groups is 2. The molecule has 1 aliphatic heterocycles. The molecule has 0 bridgehead atoms. The fraction of sp³-hybridized carbons (Fsp3) is 0.781. The number of carbonyl (C=O) groups is 2. The lowest BCUT2D eigenvalue weighted by Crippen LogP contribution is -2.62. The Balaban J connectivity index is 1.15. The molecular weight excluding hydrogens is 538 g/mol. The van der Waals surface area contributed by atoms with E-state index >= 15 is 0 Å². The molecule has 4 aliphatic carbocycles. The number of hydrogen-bond donors (Lipinski definition) is 3. The lowest BCUT2D eigenvalue weighted by atomic mass is 9.43. The molecule has 3 N–H and O–H groups in total. The van der Waals surface area contributed by atoms with Crippen molar-refractivity contribution in [3.63, 3.8) is 0 Å². The zero-order valence-corrected chi connectivity index (χ0v) is 25.2. The number of likely N-dealkylation sites (N-methyl/N-ethyl adjacent to an activating group) is 1. The van der Waals surface area contributed by atoms with Crippen LogP contribution in [0.3, 0.4) is 0 Å². The van der Waals surface area contributed by atoms with Gasteiger partial charge in [0.25, 0.3) is 0 Å². The van der Waals surface area contributed by atoms with Gasteiger partial charge in [0.05, 0.1) is 25.0 Å². The SMILES string of the molecule is CN1CC(=O)N(CCN(C(=O)O)[C@H]2CC[C@]3(C)C(CC[C@@H]4[C@@H]3CC[C@]3(C)[C@@H](c5ccc(=O)oc5)CC[C@]43O)C2)C[C@@H]1O. The van der Waals surface area contributed by atoms with Crippen LogP contribution in [-0.2, 0) is 4.79 Å². The summed E-state index contributed by atoms with van der Waals surface area (Å²) in [7, 11) is 1.71. The van der Waals surface area contributed by atoms with Crippen molar-refractivity contribution in [2.45, 2.75) is 95.4 Å². The molecule has 4 saturated carbocycles. The van der Waals surface area contributed by atoms with Crippen LogP contribution < -0.4 is 5.63 Å². The van der Waals surface area contributed by atoms with E-state index < -0.39 is 17.9 Å². The van der Waals surface area contributed by atoms with E-state index in [0.717, 1.165) is 63.4 Å². The summed E-state index contributed by atoms with van der Waals surface area (Å²) in [5.74, 6) is 1.06. The first kappa shape index (κ1) is 29.6. The van der Waals surface area contributed by atoms with Gasteiger partial charge in [0.1, 0.15) is 6.23 Å². The number of fused-ring (bicyclic) bond motifs is 5. The van der Waals surface area contributed by atoms with Crippen molar-refractivity contribution in [1.82, 2.24) is 14.7 Å². The van der Waals surface area contributed by atoms with Crippen molar-refractivity contribution in [2.24, 2.45) is 28.6 Å². The summed E-state index contributed by atoms with van der Waals surface area (Å²) in [5, 5.41) is 32.8. The van der Waals surface area contributed by atoms with Crippen LogP contribution in [0.5, 0.6) is 0 Å². The molecule has 1 aromatic rings. The molecule has 9 atom stereocenters. The van der Waals surface area contributed by atoms with Crippen molar-refractivity contribution in [3.05, 3.63) is 34.4 Å². The molecule has 232 valence electrons. The molecule has 0 spiro atoms. The largest absolute Gasteiger partial charge is 0.465 e. The minimum Gasteiger partial charge on any atom is -0.465 e. The number of β-amino-alcohol motifs (C(OH)–C–C–N with tert-alkyl or cyclic N) is 1. The molecule has 5 fully saturated rings. The Hall–Kier alpha value is -2.43. The molecule has 0 aromatic carbocycles. The third kappa shape index (κ3) is 4.59. The van der Waals surface area contributed by atoms with Gasteiger partial charge in [-0.15, -0.1) is 0 Å². The van der Waals surface area contributed by atoms with Crippen LogP contribution in [0.25, 0.3) is 0 Å². The Morgan fingerprint density at radius 1 is 1.07 bits per heavy atom. The van der Waals surface area contributed by atoms with Crippen LogP contribution in [0.15, 0.2) is 27.6 Å².